The second-order valence-electron chi connectivity index (χ2n) is 3.55. The maximum absolute atomic E-state index is 11.2. The minimum Gasteiger partial charge on any atom is -0.361 e. The van der Waals surface area contributed by atoms with Gasteiger partial charge in [-0.15, -0.1) is 0 Å². The summed E-state index contributed by atoms with van der Waals surface area (Å²) in [5.41, 5.74) is 1.58. The predicted molar refractivity (Wildman–Crippen MR) is 61.9 cm³/mol. The third-order valence-electron chi connectivity index (χ3n) is 2.15. The average molecular weight is 244 g/mol. The van der Waals surface area contributed by atoms with Gasteiger partial charge in [-0.25, -0.2) is 8.42 Å². The summed E-state index contributed by atoms with van der Waals surface area (Å²) in [6, 6.07) is 5.45. The molecule has 0 atom stereocenters. The number of hydrogen-bond donors (Lipinski definition) is 1. The largest absolute Gasteiger partial charge is 0.361 e. The molecule has 3 nitrogen and oxygen atoms in total. The van der Waals surface area contributed by atoms with Crippen LogP contribution in [0.25, 0.3) is 10.9 Å². The Kier molecular flexibility index (Phi) is 2.48. The van der Waals surface area contributed by atoms with E-state index in [0.29, 0.717) is 5.02 Å². The van der Waals surface area contributed by atoms with E-state index in [1.54, 1.807) is 12.3 Å². The van der Waals surface area contributed by atoms with Gasteiger partial charge in [-0.05, 0) is 17.7 Å². The van der Waals surface area contributed by atoms with Crippen LogP contribution < -0.4 is 0 Å². The van der Waals surface area contributed by atoms with Gasteiger partial charge in [0.25, 0.3) is 0 Å². The number of aromatic amines is 1. The molecule has 80 valence electrons. The smallest absolute Gasteiger partial charge is 0.151 e. The highest BCUT2D eigenvalue weighted by Crippen LogP contribution is 2.27. The van der Waals surface area contributed by atoms with Crippen molar-refractivity contribution in [2.24, 2.45) is 0 Å². The lowest BCUT2D eigenvalue weighted by molar-refractivity contribution is 0.601. The molecule has 0 saturated heterocycles. The van der Waals surface area contributed by atoms with Crippen molar-refractivity contribution in [3.8, 4) is 0 Å². The maximum Gasteiger partial charge on any atom is 0.151 e. The number of halogens is 1. The second-order valence-corrected chi connectivity index (χ2v) is 6.09. The fourth-order valence-electron chi connectivity index (χ4n) is 1.60. The van der Waals surface area contributed by atoms with Gasteiger partial charge in [0.1, 0.15) is 0 Å². The fourth-order valence-corrected chi connectivity index (χ4v) is 2.69. The van der Waals surface area contributed by atoms with Crippen LogP contribution in [0.5, 0.6) is 0 Å². The number of fused-ring (bicyclic) bond motifs is 1. The Bertz CT molecular complexity index is 601. The van der Waals surface area contributed by atoms with Crippen LogP contribution in [0.3, 0.4) is 0 Å². The molecule has 0 bridgehead atoms. The van der Waals surface area contributed by atoms with Crippen LogP contribution in [-0.4, -0.2) is 19.7 Å². The quantitative estimate of drug-likeness (QED) is 0.880. The van der Waals surface area contributed by atoms with Crippen molar-refractivity contribution in [3.05, 3.63) is 35.0 Å². The van der Waals surface area contributed by atoms with E-state index in [9.17, 15) is 8.42 Å². The summed E-state index contributed by atoms with van der Waals surface area (Å²) in [4.78, 5) is 3.00. The van der Waals surface area contributed by atoms with Gasteiger partial charge in [-0.1, -0.05) is 17.7 Å². The monoisotopic (exact) mass is 243 g/mol. The SMILES string of the molecule is CS(=O)(=O)Cc1c[nH]c2cccc(Cl)c12. The Balaban J connectivity index is 2.63. The van der Waals surface area contributed by atoms with E-state index in [1.165, 1.54) is 6.26 Å². The van der Waals surface area contributed by atoms with E-state index >= 15 is 0 Å². The summed E-state index contributed by atoms with van der Waals surface area (Å²) >= 11 is 6.02. The molecule has 5 heteroatoms. The van der Waals surface area contributed by atoms with Crippen LogP contribution >= 0.6 is 11.6 Å². The van der Waals surface area contributed by atoms with Gasteiger partial charge in [0.2, 0.25) is 0 Å². The zero-order valence-corrected chi connectivity index (χ0v) is 9.69. The molecule has 0 aliphatic rings. The molecule has 0 fully saturated rings. The van der Waals surface area contributed by atoms with Gasteiger partial charge in [0.15, 0.2) is 9.84 Å². The summed E-state index contributed by atoms with van der Waals surface area (Å²) in [7, 11) is -3.03. The van der Waals surface area contributed by atoms with Crippen LogP contribution in [0.1, 0.15) is 5.56 Å². The minimum atomic E-state index is -3.03. The van der Waals surface area contributed by atoms with E-state index in [4.69, 9.17) is 11.6 Å². The van der Waals surface area contributed by atoms with Crippen molar-refractivity contribution in [3.63, 3.8) is 0 Å². The van der Waals surface area contributed by atoms with Crippen LogP contribution in [0.15, 0.2) is 24.4 Å². The van der Waals surface area contributed by atoms with Gasteiger partial charge >= 0.3 is 0 Å². The first-order valence-corrected chi connectivity index (χ1v) is 6.83. The highest BCUT2D eigenvalue weighted by atomic mass is 35.5. The molecule has 0 aliphatic carbocycles. The standard InChI is InChI=1S/C10H10ClNO2S/c1-15(13,14)6-7-5-12-9-4-2-3-8(11)10(7)9/h2-5,12H,6H2,1H3. The summed E-state index contributed by atoms with van der Waals surface area (Å²) < 4.78 is 22.4. The van der Waals surface area contributed by atoms with Crippen molar-refractivity contribution in [2.75, 3.05) is 6.26 Å². The molecule has 15 heavy (non-hydrogen) atoms. The molecule has 2 rings (SSSR count). The lowest BCUT2D eigenvalue weighted by atomic mass is 10.2. The summed E-state index contributed by atoms with van der Waals surface area (Å²) in [5, 5.41) is 1.37. The van der Waals surface area contributed by atoms with E-state index in [-0.39, 0.29) is 5.75 Å². The minimum absolute atomic E-state index is 0.0106. The van der Waals surface area contributed by atoms with Crippen LogP contribution in [0.2, 0.25) is 5.02 Å². The maximum atomic E-state index is 11.2. The Labute approximate surface area is 93.0 Å². The number of sulfone groups is 1. The van der Waals surface area contributed by atoms with E-state index in [2.05, 4.69) is 4.98 Å². The number of rotatable bonds is 2. The highest BCUT2D eigenvalue weighted by molar-refractivity contribution is 7.89. The van der Waals surface area contributed by atoms with Crippen LogP contribution in [0.4, 0.5) is 0 Å². The summed E-state index contributed by atoms with van der Waals surface area (Å²) in [6.07, 6.45) is 2.90. The highest BCUT2D eigenvalue weighted by Gasteiger charge is 2.11. The molecule has 2 aromatic rings. The third kappa shape index (κ3) is 2.16. The first kappa shape index (κ1) is 10.5. The van der Waals surface area contributed by atoms with E-state index < -0.39 is 9.84 Å². The predicted octanol–water partition coefficient (Wildman–Crippen LogP) is 2.37. The number of hydrogen-bond acceptors (Lipinski definition) is 2. The van der Waals surface area contributed by atoms with E-state index in [1.807, 2.05) is 12.1 Å². The molecule has 0 spiro atoms. The Morgan fingerprint density at radius 1 is 1.40 bits per heavy atom. The molecule has 0 aliphatic heterocycles. The van der Waals surface area contributed by atoms with Gasteiger partial charge in [0, 0.05) is 23.4 Å². The molecule has 1 heterocycles. The normalized spacial score (nSPS) is 12.1. The number of nitrogens with one attached hydrogen (secondary N) is 1. The molecule has 1 aromatic heterocycles. The molecule has 0 amide bonds. The van der Waals surface area contributed by atoms with Gasteiger partial charge in [-0.3, -0.25) is 0 Å². The molecular formula is C10H10ClNO2S. The van der Waals surface area contributed by atoms with Gasteiger partial charge < -0.3 is 4.98 Å². The Morgan fingerprint density at radius 2 is 2.13 bits per heavy atom. The fraction of sp³-hybridized carbons (Fsp3) is 0.200. The summed E-state index contributed by atoms with van der Waals surface area (Å²) in [5.74, 6) is 0.0106. The van der Waals surface area contributed by atoms with Crippen LogP contribution in [0, 0.1) is 0 Å². The summed E-state index contributed by atoms with van der Waals surface area (Å²) in [6.45, 7) is 0. The van der Waals surface area contributed by atoms with Crippen molar-refractivity contribution < 1.29 is 8.42 Å². The van der Waals surface area contributed by atoms with Gasteiger partial charge in [0.05, 0.1) is 10.8 Å². The average Bonchev–Trinajstić information content (AvgIpc) is 2.47. The number of benzene rings is 1. The molecule has 1 aromatic carbocycles. The molecule has 0 saturated carbocycles. The molecule has 0 radical (unpaired) electrons. The Hall–Kier alpha value is -1.00. The number of aromatic nitrogens is 1. The van der Waals surface area contributed by atoms with Crippen molar-refractivity contribution in [1.29, 1.82) is 0 Å². The van der Waals surface area contributed by atoms with Crippen molar-refractivity contribution >= 4 is 32.3 Å². The lowest BCUT2D eigenvalue weighted by Gasteiger charge is -1.98. The molecular weight excluding hydrogens is 234 g/mol. The first-order valence-electron chi connectivity index (χ1n) is 4.39. The topological polar surface area (TPSA) is 49.9 Å². The third-order valence-corrected chi connectivity index (χ3v) is 3.30. The second kappa shape index (κ2) is 3.54. The van der Waals surface area contributed by atoms with Crippen molar-refractivity contribution in [2.45, 2.75) is 5.75 Å². The number of H-pyrrole nitrogens is 1. The first-order chi connectivity index (χ1) is 6.97. The molecule has 1 N–H and O–H groups in total. The molecule has 0 unspecified atom stereocenters. The zero-order chi connectivity index (χ0) is 11.1. The Morgan fingerprint density at radius 3 is 2.80 bits per heavy atom. The van der Waals surface area contributed by atoms with Crippen molar-refractivity contribution in [1.82, 2.24) is 4.98 Å². The van der Waals surface area contributed by atoms with Gasteiger partial charge in [-0.2, -0.15) is 0 Å². The lowest BCUT2D eigenvalue weighted by Crippen LogP contribution is -1.99. The van der Waals surface area contributed by atoms with Crippen LogP contribution in [-0.2, 0) is 15.6 Å². The zero-order valence-electron chi connectivity index (χ0n) is 8.12. The van der Waals surface area contributed by atoms with E-state index in [0.717, 1.165) is 16.5 Å².